The molecule has 15 atom stereocenters. The average molecular weight is 1260 g/mol. The maximum Gasteiger partial charge on any atom is 0.430 e. The van der Waals surface area contributed by atoms with Crippen LogP contribution in [0.5, 0.6) is 0 Å². The van der Waals surface area contributed by atoms with Crippen LogP contribution in [0.3, 0.4) is 0 Å². The van der Waals surface area contributed by atoms with Gasteiger partial charge in [0, 0.05) is 6.42 Å². The van der Waals surface area contributed by atoms with Gasteiger partial charge in [-0.25, -0.2) is 0 Å². The highest BCUT2D eigenvalue weighted by molar-refractivity contribution is 5.73. The summed E-state index contributed by atoms with van der Waals surface area (Å²) in [5, 5.41) is 109. The molecule has 3 rings (SSSR count). The number of guanidine groups is 5. The minimum absolute atomic E-state index is 0.0485. The van der Waals surface area contributed by atoms with Crippen LogP contribution in [0, 0.1) is 0 Å². The molecule has 2 aliphatic heterocycles. The fourth-order valence-electron chi connectivity index (χ4n) is 5.92. The van der Waals surface area contributed by atoms with Crippen LogP contribution in [0.4, 0.5) is 65.9 Å². The lowest BCUT2D eigenvalue weighted by atomic mass is 9.83. The maximum atomic E-state index is 11.9. The van der Waals surface area contributed by atoms with E-state index in [1.165, 1.54) is 0 Å². The SMILES string of the molecule is NC(N)=[NH+]C[C@H]1O[C@H](O[C@H]2[C@H](O)[C@@H](O[C@H]3O[C@H](CO)[C@@H](O)[C@H]([NH+]=C(N)N)[C@H]3O)[C@H]([NH+]=C(N)N)C[C@@H]2[NH+]=C(N)N)[C@H]([NH+]=C(N)N)[C@@H](O)[C@@H]1O.O=C([O-])C(F)(F)F.O=C([O-])C(F)(F)F.O=C([O-])C(F)(F)F.O=C([O-])C(F)(F)F.O=C([O-])C(F)(F)F. The van der Waals surface area contributed by atoms with Gasteiger partial charge in [0.05, 0.1) is 13.2 Å². The van der Waals surface area contributed by atoms with E-state index in [1.54, 1.807) is 0 Å². The lowest BCUT2D eigenvalue weighted by molar-refractivity contribution is -0.597. The van der Waals surface area contributed by atoms with Crippen LogP contribution in [0.1, 0.15) is 6.42 Å². The molecule has 50 heteroatoms. The fourth-order valence-corrected chi connectivity index (χ4v) is 5.92. The average Bonchev–Trinajstić information content (AvgIpc) is 3.29. The number of hydrogen-bond acceptors (Lipinski definition) is 20. The second kappa shape index (κ2) is 33.4. The lowest BCUT2D eigenvalue weighted by Gasteiger charge is -2.47. The van der Waals surface area contributed by atoms with Gasteiger partial charge < -0.3 is 99.1 Å². The summed E-state index contributed by atoms with van der Waals surface area (Å²) in [6.45, 7) is -0.879. The number of alkyl halides is 15. The molecule has 0 aromatic rings. The Morgan fingerprint density at radius 2 is 0.711 bits per heavy atom. The standard InChI is InChI=1S/C23H47N15O10.5C2HF3O2/c24-19(25)34-2-6-11(41)12(42)9(38-23(32)33)17(45-6)47-15-4(35-20(26)27)1-5(36-21(28)29)16(14(15)44)48-18-13(43)8(37-22(30)31)10(40)7(3-39)46-18;5*3-2(4,5)1(6)7/h4-18,39-44H,1-3H2,(H4,24,25,34)(H4,26,27,35)(H4,28,29,36)(H4,30,31,37)(H4,32,33,38);5*(H,6,7)/t4-,5+,6+,7+,8-,9+,10+,11+,12+,13+,14-,15+,16-,17+,18+;;;;;/m0...../s1. The highest BCUT2D eigenvalue weighted by Crippen LogP contribution is 2.30. The second-order valence-corrected chi connectivity index (χ2v) is 15.6. The summed E-state index contributed by atoms with van der Waals surface area (Å²) >= 11 is 0. The van der Waals surface area contributed by atoms with Gasteiger partial charge in [-0.05, 0) is 0 Å². The van der Waals surface area contributed by atoms with Gasteiger partial charge in [-0.2, -0.15) is 65.9 Å². The summed E-state index contributed by atoms with van der Waals surface area (Å²) in [5.74, 6) is -16.5. The Balaban J connectivity index is -0.00000146. The van der Waals surface area contributed by atoms with Crippen molar-refractivity contribution < 1.29 is 190 Å². The molecular formula is C33H52F15N15O20. The Bertz CT molecular complexity index is 2100. The van der Waals surface area contributed by atoms with Crippen molar-refractivity contribution in [2.24, 2.45) is 57.3 Å². The van der Waals surface area contributed by atoms with Gasteiger partial charge >= 0.3 is 60.7 Å². The molecule has 31 N–H and O–H groups in total. The van der Waals surface area contributed by atoms with E-state index in [4.69, 9.17) is 126 Å². The quantitative estimate of drug-likeness (QED) is 0.0519. The highest BCUT2D eigenvalue weighted by Gasteiger charge is 2.55. The number of nitrogens with two attached hydrogens (primary N) is 10. The number of carbonyl (C=O) groups excluding carboxylic acids is 5. The maximum absolute atomic E-state index is 11.9. The van der Waals surface area contributed by atoms with Crippen molar-refractivity contribution in [1.82, 2.24) is 0 Å². The third-order valence-corrected chi connectivity index (χ3v) is 9.18. The Labute approximate surface area is 449 Å². The Kier molecular flexibility index (Phi) is 32.0. The van der Waals surface area contributed by atoms with Crippen molar-refractivity contribution in [3.05, 3.63) is 0 Å². The highest BCUT2D eigenvalue weighted by atomic mass is 19.4. The van der Waals surface area contributed by atoms with Gasteiger partial charge in [-0.15, -0.1) is 0 Å². The van der Waals surface area contributed by atoms with E-state index in [-0.39, 0.29) is 42.8 Å². The summed E-state index contributed by atoms with van der Waals surface area (Å²) in [6, 6.07) is -4.51. The van der Waals surface area contributed by atoms with Crippen molar-refractivity contribution in [3.8, 4) is 0 Å². The van der Waals surface area contributed by atoms with Crippen molar-refractivity contribution >= 4 is 59.6 Å². The molecule has 484 valence electrons. The Morgan fingerprint density at radius 3 is 0.988 bits per heavy atom. The molecule has 0 spiro atoms. The number of carbonyl (C=O) groups is 5. The number of aliphatic carboxylic acids is 5. The lowest BCUT2D eigenvalue weighted by Crippen LogP contribution is -2.96. The van der Waals surface area contributed by atoms with E-state index in [9.17, 15) is 96.5 Å². The molecule has 1 saturated carbocycles. The smallest absolute Gasteiger partial charge is 0.430 e. The minimum Gasteiger partial charge on any atom is -0.542 e. The van der Waals surface area contributed by atoms with E-state index in [0.29, 0.717) is 0 Å². The largest absolute Gasteiger partial charge is 0.542 e. The number of halogens is 15. The molecular weight excluding hydrogens is 1210 g/mol. The topological polar surface area (TPSA) is 689 Å². The summed E-state index contributed by atoms with van der Waals surface area (Å²) < 4.78 is 182. The number of ether oxygens (including phenoxy) is 4. The van der Waals surface area contributed by atoms with Gasteiger partial charge in [-0.3, -0.25) is 82.3 Å². The molecule has 35 nitrogen and oxygen atoms in total. The molecule has 83 heavy (non-hydrogen) atoms. The van der Waals surface area contributed by atoms with Crippen LogP contribution in [0.25, 0.3) is 0 Å². The number of hydrogen-bond donors (Lipinski definition) is 21. The van der Waals surface area contributed by atoms with Crippen LogP contribution in [-0.2, 0) is 42.9 Å². The molecule has 3 aliphatic rings. The molecule has 0 amide bonds. The minimum atomic E-state index is -5.19. The van der Waals surface area contributed by atoms with Gasteiger partial charge in [0.25, 0.3) is 0 Å². The summed E-state index contributed by atoms with van der Waals surface area (Å²) in [6.07, 6.45) is -42.4. The van der Waals surface area contributed by atoms with E-state index in [0.717, 1.165) is 0 Å². The monoisotopic (exact) mass is 1260 g/mol. The van der Waals surface area contributed by atoms with Crippen molar-refractivity contribution in [2.45, 2.75) is 129 Å². The Morgan fingerprint density at radius 1 is 0.422 bits per heavy atom. The Hall–Kier alpha value is -7.75. The third kappa shape index (κ3) is 30.2. The van der Waals surface area contributed by atoms with Gasteiger partial charge in [-0.1, -0.05) is 0 Å². The molecule has 0 bridgehead atoms. The molecule has 0 aromatic heterocycles. The predicted octanol–water partition coefficient (Wildman–Crippen LogP) is -23.9. The molecule has 3 fully saturated rings. The van der Waals surface area contributed by atoms with Gasteiger partial charge in [0.1, 0.15) is 103 Å². The van der Waals surface area contributed by atoms with E-state index in [2.05, 4.69) is 25.0 Å². The number of carboxylic acids is 5. The summed E-state index contributed by atoms with van der Waals surface area (Å²) in [5.41, 5.74) is 56.3. The number of aliphatic hydroxyl groups excluding tert-OH is 6. The number of carboxylic acid groups (broad SMARTS) is 5. The zero-order chi connectivity index (χ0) is 66.4. The van der Waals surface area contributed by atoms with Crippen LogP contribution in [0.15, 0.2) is 0 Å². The first-order valence-electron chi connectivity index (χ1n) is 20.9. The molecule has 0 unspecified atom stereocenters. The van der Waals surface area contributed by atoms with Crippen LogP contribution < -0.4 is 108 Å². The number of rotatable bonds is 11. The first-order valence-corrected chi connectivity index (χ1v) is 20.9. The number of nitrogens with one attached hydrogen (secondary N) is 5. The molecule has 0 radical (unpaired) electrons. The van der Waals surface area contributed by atoms with Crippen LogP contribution >= 0.6 is 0 Å². The normalized spacial score (nSPS) is 27.7. The van der Waals surface area contributed by atoms with Crippen LogP contribution in [0.2, 0.25) is 0 Å². The summed E-state index contributed by atoms with van der Waals surface area (Å²) in [7, 11) is 0. The zero-order valence-corrected chi connectivity index (χ0v) is 40.6. The second-order valence-electron chi connectivity index (χ2n) is 15.6. The predicted molar refractivity (Wildman–Crippen MR) is 216 cm³/mol. The third-order valence-electron chi connectivity index (χ3n) is 9.18. The fraction of sp³-hybridized carbons (Fsp3) is 0.697. The number of aliphatic hydroxyl groups is 6. The van der Waals surface area contributed by atoms with E-state index < -0.39 is 159 Å². The first-order chi connectivity index (χ1) is 37.2. The zero-order valence-electron chi connectivity index (χ0n) is 40.6. The van der Waals surface area contributed by atoms with Crippen molar-refractivity contribution in [2.75, 3.05) is 13.2 Å². The molecule has 2 saturated heterocycles. The molecule has 1 aliphatic carbocycles. The van der Waals surface area contributed by atoms with Gasteiger partial charge in [0.2, 0.25) is 0 Å². The van der Waals surface area contributed by atoms with Crippen molar-refractivity contribution in [1.29, 1.82) is 0 Å². The van der Waals surface area contributed by atoms with Crippen molar-refractivity contribution in [3.63, 3.8) is 0 Å². The first kappa shape index (κ1) is 79.5. The van der Waals surface area contributed by atoms with Crippen LogP contribution in [-0.4, -0.2) is 226 Å². The van der Waals surface area contributed by atoms with E-state index >= 15 is 0 Å². The molecule has 2 heterocycles. The van der Waals surface area contributed by atoms with E-state index in [1.807, 2.05) is 0 Å². The summed E-state index contributed by atoms with van der Waals surface area (Å²) in [4.78, 5) is 57.2. The molecule has 0 aromatic carbocycles. The van der Waals surface area contributed by atoms with Gasteiger partial charge in [0.15, 0.2) is 18.6 Å².